The quantitative estimate of drug-likeness (QED) is 0.428. The molecule has 1 aromatic rings. The van der Waals surface area contributed by atoms with Crippen LogP contribution in [0.2, 0.25) is 0 Å². The number of benzene rings is 1. The minimum absolute atomic E-state index is 0.203. The van der Waals surface area contributed by atoms with Crippen LogP contribution in [-0.2, 0) is 19.1 Å². The van der Waals surface area contributed by atoms with Crippen LogP contribution in [0.5, 0.6) is 0 Å². The average molecular weight is 361 g/mol. The van der Waals surface area contributed by atoms with Gasteiger partial charge in [-0.25, -0.2) is 4.79 Å². The molecule has 8 nitrogen and oxygen atoms in total. The number of amides is 4. The smallest absolute Gasteiger partial charge is 0.332 e. The van der Waals surface area contributed by atoms with Gasteiger partial charge in [0.15, 0.2) is 0 Å². The molecule has 4 amide bonds. The summed E-state index contributed by atoms with van der Waals surface area (Å²) in [6.45, 7) is 3.60. The van der Waals surface area contributed by atoms with Gasteiger partial charge >= 0.3 is 12.0 Å². The fraction of sp³-hybridized carbons (Fsp3) is 0.444. The molecule has 0 aromatic heterocycles. The van der Waals surface area contributed by atoms with E-state index in [9.17, 15) is 19.2 Å². The summed E-state index contributed by atoms with van der Waals surface area (Å²) < 4.78 is 4.80. The van der Waals surface area contributed by atoms with Gasteiger partial charge < -0.3 is 10.1 Å². The summed E-state index contributed by atoms with van der Waals surface area (Å²) in [5, 5.41) is 2.61. The minimum Gasteiger partial charge on any atom is -0.466 e. The van der Waals surface area contributed by atoms with E-state index in [1.54, 1.807) is 38.1 Å². The molecule has 0 aliphatic carbocycles. The number of rotatable bonds is 8. The van der Waals surface area contributed by atoms with E-state index in [1.807, 2.05) is 6.07 Å². The van der Waals surface area contributed by atoms with Gasteiger partial charge in [-0.2, -0.15) is 0 Å². The van der Waals surface area contributed by atoms with Gasteiger partial charge in [0.25, 0.3) is 5.91 Å². The first kappa shape index (κ1) is 19.4. The van der Waals surface area contributed by atoms with Crippen LogP contribution in [0.4, 0.5) is 10.5 Å². The number of urea groups is 1. The molecule has 1 aliphatic heterocycles. The molecule has 1 saturated heterocycles. The van der Waals surface area contributed by atoms with E-state index in [0.717, 1.165) is 4.90 Å². The zero-order chi connectivity index (χ0) is 19.1. The number of carbonyl (C=O) groups excluding carboxylic acids is 4. The Bertz CT molecular complexity index is 677. The fourth-order valence-electron chi connectivity index (χ4n) is 2.69. The minimum atomic E-state index is -0.665. The fourth-order valence-corrected chi connectivity index (χ4v) is 2.69. The Morgan fingerprint density at radius 3 is 2.54 bits per heavy atom. The number of imide groups is 1. The van der Waals surface area contributed by atoms with Gasteiger partial charge in [-0.05, 0) is 32.4 Å². The average Bonchev–Trinajstić information content (AvgIpc) is 2.83. The van der Waals surface area contributed by atoms with Crippen molar-refractivity contribution in [1.82, 2.24) is 10.2 Å². The van der Waals surface area contributed by atoms with Gasteiger partial charge in [-0.15, -0.1) is 0 Å². The van der Waals surface area contributed by atoms with Crippen molar-refractivity contribution in [1.29, 1.82) is 0 Å². The number of esters is 1. The SMILES string of the molecule is CCOC(=O)CCCNC(=O)CN1C(=O)[C@@H](C)N(c2ccccc2)C1=O. The molecule has 140 valence electrons. The largest absolute Gasteiger partial charge is 0.466 e. The summed E-state index contributed by atoms with van der Waals surface area (Å²) in [7, 11) is 0. The number of nitrogens with one attached hydrogen (secondary N) is 1. The van der Waals surface area contributed by atoms with E-state index in [4.69, 9.17) is 4.74 Å². The van der Waals surface area contributed by atoms with Crippen molar-refractivity contribution >= 4 is 29.5 Å². The van der Waals surface area contributed by atoms with E-state index in [0.29, 0.717) is 18.7 Å². The summed E-state index contributed by atoms with van der Waals surface area (Å²) in [6.07, 6.45) is 0.632. The summed E-state index contributed by atoms with van der Waals surface area (Å²) in [4.78, 5) is 50.4. The predicted molar refractivity (Wildman–Crippen MR) is 94.4 cm³/mol. The lowest BCUT2D eigenvalue weighted by molar-refractivity contribution is -0.143. The molecule has 1 N–H and O–H groups in total. The van der Waals surface area contributed by atoms with Crippen LogP contribution in [0, 0.1) is 0 Å². The van der Waals surface area contributed by atoms with Gasteiger partial charge in [0.1, 0.15) is 12.6 Å². The first-order valence-electron chi connectivity index (χ1n) is 8.57. The second-order valence-corrected chi connectivity index (χ2v) is 5.85. The van der Waals surface area contributed by atoms with E-state index in [-0.39, 0.29) is 25.5 Å². The third-order valence-corrected chi connectivity index (χ3v) is 3.97. The number of ether oxygens (including phenoxy) is 1. The highest BCUT2D eigenvalue weighted by Crippen LogP contribution is 2.25. The molecule has 0 radical (unpaired) electrons. The number of hydrogen-bond acceptors (Lipinski definition) is 5. The Kier molecular flexibility index (Phi) is 6.71. The molecule has 1 aromatic carbocycles. The lowest BCUT2D eigenvalue weighted by Gasteiger charge is -2.19. The third-order valence-electron chi connectivity index (χ3n) is 3.97. The van der Waals surface area contributed by atoms with Crippen molar-refractivity contribution in [3.05, 3.63) is 30.3 Å². The predicted octanol–water partition coefficient (Wildman–Crippen LogP) is 1.30. The highest BCUT2D eigenvalue weighted by Gasteiger charge is 2.43. The van der Waals surface area contributed by atoms with Crippen molar-refractivity contribution in [3.63, 3.8) is 0 Å². The van der Waals surface area contributed by atoms with Crippen molar-refractivity contribution in [2.45, 2.75) is 32.7 Å². The van der Waals surface area contributed by atoms with E-state index < -0.39 is 23.9 Å². The van der Waals surface area contributed by atoms with E-state index >= 15 is 0 Å². The van der Waals surface area contributed by atoms with Crippen LogP contribution in [-0.4, -0.2) is 54.5 Å². The third kappa shape index (κ3) is 4.59. The molecular weight excluding hydrogens is 338 g/mol. The number of anilines is 1. The Morgan fingerprint density at radius 2 is 1.88 bits per heavy atom. The molecular formula is C18H23N3O5. The molecule has 8 heteroatoms. The van der Waals surface area contributed by atoms with Crippen LogP contribution in [0.1, 0.15) is 26.7 Å². The van der Waals surface area contributed by atoms with Gasteiger partial charge in [0.2, 0.25) is 5.91 Å². The van der Waals surface area contributed by atoms with Crippen LogP contribution in [0.15, 0.2) is 30.3 Å². The topological polar surface area (TPSA) is 96.0 Å². The highest BCUT2D eigenvalue weighted by molar-refractivity contribution is 6.15. The number of hydrogen-bond donors (Lipinski definition) is 1. The molecule has 0 saturated carbocycles. The molecule has 1 fully saturated rings. The Hall–Kier alpha value is -2.90. The van der Waals surface area contributed by atoms with Crippen LogP contribution in [0.25, 0.3) is 0 Å². The van der Waals surface area contributed by atoms with Gasteiger partial charge in [0.05, 0.1) is 6.61 Å². The van der Waals surface area contributed by atoms with Crippen molar-refractivity contribution in [3.8, 4) is 0 Å². The van der Waals surface area contributed by atoms with Gasteiger partial charge in [0, 0.05) is 18.7 Å². The molecule has 1 aliphatic rings. The van der Waals surface area contributed by atoms with E-state index in [1.165, 1.54) is 4.90 Å². The number of nitrogens with zero attached hydrogens (tertiary/aromatic N) is 2. The lowest BCUT2D eigenvalue weighted by Crippen LogP contribution is -2.41. The van der Waals surface area contributed by atoms with Gasteiger partial charge in [-0.1, -0.05) is 18.2 Å². The van der Waals surface area contributed by atoms with Crippen molar-refractivity contribution in [2.75, 3.05) is 24.6 Å². The molecule has 0 spiro atoms. The van der Waals surface area contributed by atoms with Crippen molar-refractivity contribution in [2.24, 2.45) is 0 Å². The highest BCUT2D eigenvalue weighted by atomic mass is 16.5. The summed E-state index contributed by atoms with van der Waals surface area (Å²) in [6, 6.07) is 7.66. The molecule has 2 rings (SSSR count). The second kappa shape index (κ2) is 8.98. The van der Waals surface area contributed by atoms with Crippen LogP contribution in [0.3, 0.4) is 0 Å². The Morgan fingerprint density at radius 1 is 1.19 bits per heavy atom. The first-order chi connectivity index (χ1) is 12.5. The maximum atomic E-state index is 12.5. The molecule has 26 heavy (non-hydrogen) atoms. The normalized spacial score (nSPS) is 16.8. The van der Waals surface area contributed by atoms with Crippen LogP contribution >= 0.6 is 0 Å². The Balaban J connectivity index is 1.87. The number of para-hydroxylation sites is 1. The maximum absolute atomic E-state index is 12.5. The van der Waals surface area contributed by atoms with Crippen LogP contribution < -0.4 is 10.2 Å². The maximum Gasteiger partial charge on any atom is 0.332 e. The molecule has 0 unspecified atom stereocenters. The zero-order valence-electron chi connectivity index (χ0n) is 14.9. The summed E-state index contributed by atoms with van der Waals surface area (Å²) in [5.41, 5.74) is 0.607. The monoisotopic (exact) mass is 361 g/mol. The first-order valence-corrected chi connectivity index (χ1v) is 8.57. The summed E-state index contributed by atoms with van der Waals surface area (Å²) in [5.74, 6) is -1.18. The Labute approximate surface area is 152 Å². The van der Waals surface area contributed by atoms with E-state index in [2.05, 4.69) is 5.32 Å². The standard InChI is InChI=1S/C18H23N3O5/c1-3-26-16(23)10-7-11-19-15(22)12-20-17(24)13(2)21(18(20)25)14-8-5-4-6-9-14/h4-6,8-9,13H,3,7,10-12H2,1-2H3,(H,19,22)/t13-/m1/s1. The van der Waals surface area contributed by atoms with Gasteiger partial charge in [-0.3, -0.25) is 24.2 Å². The lowest BCUT2D eigenvalue weighted by atomic mass is 10.2. The second-order valence-electron chi connectivity index (χ2n) is 5.85. The molecule has 1 atom stereocenters. The number of carbonyl (C=O) groups is 4. The zero-order valence-corrected chi connectivity index (χ0v) is 14.9. The molecule has 0 bridgehead atoms. The molecule has 1 heterocycles. The summed E-state index contributed by atoms with van der Waals surface area (Å²) >= 11 is 0. The van der Waals surface area contributed by atoms with Crippen molar-refractivity contribution < 1.29 is 23.9 Å².